The van der Waals surface area contributed by atoms with E-state index in [1.54, 1.807) is 17.2 Å². The molecule has 366 valence electrons. The van der Waals surface area contributed by atoms with Gasteiger partial charge in [0.15, 0.2) is 0 Å². The summed E-state index contributed by atoms with van der Waals surface area (Å²) < 4.78 is 58.4. The molecule has 0 fully saturated rings. The average molecular weight is 957 g/mol. The number of ether oxygens (including phenoxy) is 5. The van der Waals surface area contributed by atoms with Crippen LogP contribution in [-0.2, 0) is 54.2 Å². The molecule has 17 nitrogen and oxygen atoms in total. The molecule has 0 unspecified atom stereocenters. The van der Waals surface area contributed by atoms with Crippen LogP contribution in [-0.4, -0.2) is 147 Å². The molecule has 0 bridgehead atoms. The molecule has 1 aromatic heterocycles. The zero-order valence-corrected chi connectivity index (χ0v) is 39.1. The van der Waals surface area contributed by atoms with E-state index in [0.29, 0.717) is 76.2 Å². The highest BCUT2D eigenvalue weighted by atomic mass is 32.2. The van der Waals surface area contributed by atoms with E-state index < -0.39 is 46.9 Å². The van der Waals surface area contributed by atoms with Crippen molar-refractivity contribution in [1.82, 2.24) is 25.0 Å². The van der Waals surface area contributed by atoms with Crippen molar-refractivity contribution < 1.29 is 61.2 Å². The summed E-state index contributed by atoms with van der Waals surface area (Å²) in [6.07, 6.45) is 3.55. The van der Waals surface area contributed by atoms with Crippen LogP contribution >= 0.6 is 11.8 Å². The van der Waals surface area contributed by atoms with Gasteiger partial charge in [-0.2, -0.15) is 11.8 Å². The van der Waals surface area contributed by atoms with Crippen molar-refractivity contribution in [3.05, 3.63) is 95.8 Å². The Hall–Kier alpha value is -5.67. The Labute approximate surface area is 394 Å². The second-order valence-corrected chi connectivity index (χ2v) is 17.4. The Morgan fingerprint density at radius 3 is 1.99 bits per heavy atom. The number of nitrogens with one attached hydrogen (secondary N) is 2. The SMILES string of the molecule is CC(C)(C)[C@H](c1cc(-c2cc(F)ccc2F)cn1Cc1ccccc1)N(CCCOC(N)=O)C(=O)CSCCC(=O)NCCOCCOCCOCCOCCNC(=O)CN1C(=O)C=CC1=O. The first-order valence-electron chi connectivity index (χ1n) is 22.0. The van der Waals surface area contributed by atoms with E-state index in [1.807, 2.05) is 55.7 Å². The highest BCUT2D eigenvalue weighted by Crippen LogP contribution is 2.41. The number of nitrogens with two attached hydrogens (primary N) is 1. The smallest absolute Gasteiger partial charge is 0.404 e. The van der Waals surface area contributed by atoms with Gasteiger partial charge in [-0.15, -0.1) is 0 Å². The van der Waals surface area contributed by atoms with Crippen LogP contribution in [0.25, 0.3) is 11.1 Å². The number of primary amides is 1. The second kappa shape index (κ2) is 28.5. The minimum Gasteiger partial charge on any atom is -0.450 e. The lowest BCUT2D eigenvalue weighted by Crippen LogP contribution is -2.44. The van der Waals surface area contributed by atoms with E-state index in [9.17, 15) is 33.2 Å². The Bertz CT molecular complexity index is 2100. The predicted molar refractivity (Wildman–Crippen MR) is 246 cm³/mol. The standard InChI is InChI=1S/C47H62F2N6O11S/c1-47(2,3)45(39-28-35(37-29-36(48)10-11-38(37)49)31-53(39)30-34-8-5-4-6-9-34)54(17-7-18-66-46(50)61)44(60)33-67-27-14-40(56)51-15-19-62-21-23-64-25-26-65-24-22-63-20-16-52-41(57)32-55-42(58)12-13-43(55)59/h4-6,8-13,28-29,31,45H,7,14-27,30,32-33H2,1-3H3,(H2,50,61)(H,51,56)(H,52,57)/t45-/m0/s1. The van der Waals surface area contributed by atoms with Crippen LogP contribution in [0.15, 0.2) is 72.9 Å². The molecule has 6 amide bonds. The summed E-state index contributed by atoms with van der Waals surface area (Å²) >= 11 is 1.31. The van der Waals surface area contributed by atoms with Crippen molar-refractivity contribution in [2.45, 2.75) is 46.2 Å². The number of hydrogen-bond acceptors (Lipinski definition) is 12. The molecule has 0 radical (unpaired) electrons. The van der Waals surface area contributed by atoms with Crippen molar-refractivity contribution in [2.24, 2.45) is 11.1 Å². The van der Waals surface area contributed by atoms with Gasteiger partial charge in [-0.3, -0.25) is 28.9 Å². The number of carbonyl (C=O) groups excluding carboxylic acids is 6. The quantitative estimate of drug-likeness (QED) is 0.0612. The molecular weight excluding hydrogens is 895 g/mol. The summed E-state index contributed by atoms with van der Waals surface area (Å²) in [7, 11) is 0. The molecule has 1 aliphatic heterocycles. The number of amides is 6. The van der Waals surface area contributed by atoms with Gasteiger partial charge in [-0.05, 0) is 41.7 Å². The number of hydrogen-bond donors (Lipinski definition) is 3. The van der Waals surface area contributed by atoms with Crippen molar-refractivity contribution in [2.75, 3.05) is 97.1 Å². The summed E-state index contributed by atoms with van der Waals surface area (Å²) in [6.45, 7) is 9.24. The van der Waals surface area contributed by atoms with E-state index in [4.69, 9.17) is 29.4 Å². The molecule has 1 atom stereocenters. The number of nitrogens with zero attached hydrogens (tertiary/aromatic N) is 3. The Balaban J connectivity index is 1.15. The van der Waals surface area contributed by atoms with Crippen molar-refractivity contribution in [1.29, 1.82) is 0 Å². The Kier molecular flexibility index (Phi) is 22.9. The van der Waals surface area contributed by atoms with E-state index in [1.165, 1.54) is 11.8 Å². The fourth-order valence-corrected chi connectivity index (χ4v) is 7.80. The van der Waals surface area contributed by atoms with Crippen molar-refractivity contribution in [3.8, 4) is 11.1 Å². The van der Waals surface area contributed by atoms with Crippen LogP contribution in [0.3, 0.4) is 0 Å². The molecule has 1 aliphatic rings. The third-order valence-electron chi connectivity index (χ3n) is 10.0. The lowest BCUT2D eigenvalue weighted by atomic mass is 9.83. The minimum absolute atomic E-state index is 0.0123. The topological polar surface area (TPSA) is 210 Å². The van der Waals surface area contributed by atoms with Gasteiger partial charge in [0.2, 0.25) is 17.7 Å². The molecule has 3 aromatic rings. The van der Waals surface area contributed by atoms with Gasteiger partial charge >= 0.3 is 6.09 Å². The predicted octanol–water partition coefficient (Wildman–Crippen LogP) is 4.23. The summed E-state index contributed by atoms with van der Waals surface area (Å²) in [4.78, 5) is 75.6. The highest BCUT2D eigenvalue weighted by Gasteiger charge is 2.37. The molecule has 0 aliphatic carbocycles. The first kappa shape index (κ1) is 53.9. The summed E-state index contributed by atoms with van der Waals surface area (Å²) in [5.41, 5.74) is 6.86. The molecule has 0 saturated carbocycles. The molecule has 0 saturated heterocycles. The van der Waals surface area contributed by atoms with Gasteiger partial charge in [0.25, 0.3) is 11.8 Å². The van der Waals surface area contributed by atoms with E-state index in [2.05, 4.69) is 10.6 Å². The highest BCUT2D eigenvalue weighted by molar-refractivity contribution is 7.99. The number of thioether (sulfide) groups is 1. The molecule has 4 rings (SSSR count). The third kappa shape index (κ3) is 19.2. The second-order valence-electron chi connectivity index (χ2n) is 16.3. The van der Waals surface area contributed by atoms with Crippen LogP contribution < -0.4 is 16.4 Å². The van der Waals surface area contributed by atoms with Gasteiger partial charge in [0, 0.05) is 73.5 Å². The van der Waals surface area contributed by atoms with Gasteiger partial charge in [-0.1, -0.05) is 51.1 Å². The minimum atomic E-state index is -0.925. The van der Waals surface area contributed by atoms with E-state index in [0.717, 1.165) is 40.8 Å². The Morgan fingerprint density at radius 2 is 1.39 bits per heavy atom. The number of carbonyl (C=O) groups is 6. The third-order valence-corrected chi connectivity index (χ3v) is 11.0. The first-order chi connectivity index (χ1) is 32.1. The largest absolute Gasteiger partial charge is 0.450 e. The zero-order valence-electron chi connectivity index (χ0n) is 38.3. The maximum atomic E-state index is 15.2. The lowest BCUT2D eigenvalue weighted by molar-refractivity contribution is -0.141. The average Bonchev–Trinajstić information content (AvgIpc) is 3.83. The van der Waals surface area contributed by atoms with Gasteiger partial charge in [0.05, 0.1) is 71.3 Å². The van der Waals surface area contributed by atoms with Gasteiger partial charge in [0.1, 0.15) is 18.2 Å². The molecule has 67 heavy (non-hydrogen) atoms. The molecule has 4 N–H and O–H groups in total. The van der Waals surface area contributed by atoms with Crippen LogP contribution in [0.4, 0.5) is 13.6 Å². The zero-order chi connectivity index (χ0) is 48.6. The van der Waals surface area contributed by atoms with Crippen LogP contribution in [0.5, 0.6) is 0 Å². The molecular formula is C47H62F2N6O11S. The number of imide groups is 1. The number of benzene rings is 2. The number of halogens is 2. The van der Waals surface area contributed by atoms with Crippen LogP contribution in [0.2, 0.25) is 0 Å². The van der Waals surface area contributed by atoms with Crippen LogP contribution in [0.1, 0.15) is 50.9 Å². The summed E-state index contributed by atoms with van der Waals surface area (Å²) in [6, 6.07) is 14.2. The lowest BCUT2D eigenvalue weighted by Gasteiger charge is -2.41. The fourth-order valence-electron chi connectivity index (χ4n) is 6.99. The fraction of sp³-hybridized carbons (Fsp3) is 0.489. The van der Waals surface area contributed by atoms with E-state index in [-0.39, 0.29) is 69.0 Å². The maximum Gasteiger partial charge on any atom is 0.404 e. The van der Waals surface area contributed by atoms with Crippen LogP contribution in [0, 0.1) is 17.0 Å². The number of rotatable bonds is 31. The molecule has 20 heteroatoms. The molecule has 2 heterocycles. The summed E-state index contributed by atoms with van der Waals surface area (Å²) in [5.74, 6) is -2.64. The molecule has 0 spiro atoms. The van der Waals surface area contributed by atoms with E-state index >= 15 is 4.39 Å². The van der Waals surface area contributed by atoms with Gasteiger partial charge in [-0.25, -0.2) is 13.6 Å². The maximum absolute atomic E-state index is 15.2. The Morgan fingerprint density at radius 1 is 0.791 bits per heavy atom. The molecule has 2 aromatic carbocycles. The summed E-state index contributed by atoms with van der Waals surface area (Å²) in [5, 5.41) is 5.39. The van der Waals surface area contributed by atoms with Crippen molar-refractivity contribution in [3.63, 3.8) is 0 Å². The first-order valence-corrected chi connectivity index (χ1v) is 23.2. The van der Waals surface area contributed by atoms with Gasteiger partial charge < -0.3 is 49.5 Å². The monoisotopic (exact) mass is 956 g/mol. The van der Waals surface area contributed by atoms with Crippen molar-refractivity contribution >= 4 is 47.4 Å². The number of aromatic nitrogens is 1. The normalized spacial score (nSPS) is 12.9.